The summed E-state index contributed by atoms with van der Waals surface area (Å²) in [6.45, 7) is 1.61. The Kier molecular flexibility index (Phi) is 5.02. The average molecular weight is 391 g/mol. The van der Waals surface area contributed by atoms with Crippen molar-refractivity contribution in [3.05, 3.63) is 77.9 Å². The van der Waals surface area contributed by atoms with Crippen molar-refractivity contribution >= 4 is 28.3 Å². The normalized spacial score (nSPS) is 11.4. The number of rotatable bonds is 4. The first-order chi connectivity index (χ1) is 12.3. The fraction of sp³-hybridized carbons (Fsp3) is 0.0526. The van der Waals surface area contributed by atoms with Gasteiger partial charge in [0.2, 0.25) is 0 Å². The van der Waals surface area contributed by atoms with Crippen molar-refractivity contribution in [3.63, 3.8) is 0 Å². The number of halogens is 2. The van der Waals surface area contributed by atoms with Gasteiger partial charge < -0.3 is 0 Å². The highest BCUT2D eigenvalue weighted by atomic mass is 32.2. The first kappa shape index (κ1) is 18.4. The number of sulfonamides is 1. The molecule has 0 aliphatic rings. The van der Waals surface area contributed by atoms with Gasteiger partial charge in [0.15, 0.2) is 5.82 Å². The van der Waals surface area contributed by atoms with E-state index in [0.717, 1.165) is 0 Å². The maximum Gasteiger partial charge on any atom is 0.261 e. The maximum atomic E-state index is 14.7. The second-order valence-electron chi connectivity index (χ2n) is 5.71. The van der Waals surface area contributed by atoms with Gasteiger partial charge >= 0.3 is 0 Å². The molecule has 0 radical (unpaired) electrons. The van der Waals surface area contributed by atoms with Crippen LogP contribution >= 0.6 is 12.6 Å². The second-order valence-corrected chi connectivity index (χ2v) is 7.84. The zero-order chi connectivity index (χ0) is 18.9. The van der Waals surface area contributed by atoms with E-state index in [-0.39, 0.29) is 21.3 Å². The lowest BCUT2D eigenvalue weighted by atomic mass is 10.0. The van der Waals surface area contributed by atoms with Crippen molar-refractivity contribution in [2.45, 2.75) is 16.7 Å². The molecule has 3 aromatic rings. The lowest BCUT2D eigenvalue weighted by molar-refractivity contribution is 0.594. The molecule has 3 rings (SSSR count). The highest BCUT2D eigenvalue weighted by molar-refractivity contribution is 7.92. The van der Waals surface area contributed by atoms with E-state index in [4.69, 9.17) is 0 Å². The predicted molar refractivity (Wildman–Crippen MR) is 101 cm³/mol. The summed E-state index contributed by atoms with van der Waals surface area (Å²) in [5, 5.41) is 0. The minimum atomic E-state index is -3.92. The Morgan fingerprint density at radius 2 is 1.65 bits per heavy atom. The lowest BCUT2D eigenvalue weighted by Crippen LogP contribution is -2.14. The summed E-state index contributed by atoms with van der Waals surface area (Å²) in [6, 6.07) is 14.9. The molecule has 1 N–H and O–H groups in total. The minimum absolute atomic E-state index is 0.0238. The number of hydrogen-bond donors (Lipinski definition) is 2. The van der Waals surface area contributed by atoms with Gasteiger partial charge in [0.25, 0.3) is 10.0 Å². The van der Waals surface area contributed by atoms with Crippen molar-refractivity contribution in [1.82, 2.24) is 0 Å². The van der Waals surface area contributed by atoms with Gasteiger partial charge in [-0.3, -0.25) is 4.72 Å². The summed E-state index contributed by atoms with van der Waals surface area (Å²) in [5.74, 6) is -1.16. The van der Waals surface area contributed by atoms with E-state index in [0.29, 0.717) is 16.7 Å². The van der Waals surface area contributed by atoms with Crippen molar-refractivity contribution in [2.75, 3.05) is 4.72 Å². The second kappa shape index (κ2) is 7.09. The number of anilines is 1. The van der Waals surface area contributed by atoms with Gasteiger partial charge in [-0.25, -0.2) is 17.2 Å². The highest BCUT2D eigenvalue weighted by Crippen LogP contribution is 2.34. The number of benzene rings is 3. The number of hydrogen-bond acceptors (Lipinski definition) is 3. The first-order valence-electron chi connectivity index (χ1n) is 7.65. The van der Waals surface area contributed by atoms with Crippen LogP contribution in [0.1, 0.15) is 5.56 Å². The fourth-order valence-corrected chi connectivity index (χ4v) is 3.90. The molecule has 0 atom stereocenters. The lowest BCUT2D eigenvalue weighted by Gasteiger charge is -2.13. The summed E-state index contributed by atoms with van der Waals surface area (Å²) in [5.41, 5.74) is 1.24. The van der Waals surface area contributed by atoms with Crippen LogP contribution < -0.4 is 4.72 Å². The molecule has 7 heteroatoms. The monoisotopic (exact) mass is 391 g/mol. The molecule has 0 bridgehead atoms. The third-order valence-corrected chi connectivity index (χ3v) is 5.70. The Labute approximate surface area is 156 Å². The molecule has 26 heavy (non-hydrogen) atoms. The van der Waals surface area contributed by atoms with Gasteiger partial charge in [-0.2, -0.15) is 0 Å². The molecule has 134 valence electrons. The molecule has 0 amide bonds. The van der Waals surface area contributed by atoms with Crippen LogP contribution in [-0.2, 0) is 10.0 Å². The predicted octanol–water partition coefficient (Wildman–Crippen LogP) is 5.03. The van der Waals surface area contributed by atoms with Crippen LogP contribution in [0.4, 0.5) is 14.5 Å². The Bertz CT molecular complexity index is 1070. The standard InChI is InChI=1S/C19H15F2NO2S2/c1-12-11-13(7-9-16(12)20)15-8-10-17(18(21)19(15)25)22-26(23,24)14-5-3-2-4-6-14/h2-11,22,25H,1H3. The van der Waals surface area contributed by atoms with Crippen LogP contribution in [0.3, 0.4) is 0 Å². The summed E-state index contributed by atoms with van der Waals surface area (Å²) >= 11 is 4.19. The zero-order valence-corrected chi connectivity index (χ0v) is 15.4. The summed E-state index contributed by atoms with van der Waals surface area (Å²) in [6.07, 6.45) is 0. The molecular weight excluding hydrogens is 376 g/mol. The number of aryl methyl sites for hydroxylation is 1. The van der Waals surface area contributed by atoms with Crippen molar-refractivity contribution in [1.29, 1.82) is 0 Å². The Morgan fingerprint density at radius 1 is 0.962 bits per heavy atom. The smallest absolute Gasteiger partial charge is 0.261 e. The highest BCUT2D eigenvalue weighted by Gasteiger charge is 2.19. The van der Waals surface area contributed by atoms with Gasteiger partial charge in [0.1, 0.15) is 5.82 Å². The summed E-state index contributed by atoms with van der Waals surface area (Å²) < 4.78 is 55.1. The molecule has 3 nitrogen and oxygen atoms in total. The van der Waals surface area contributed by atoms with Crippen molar-refractivity contribution in [3.8, 4) is 11.1 Å². The van der Waals surface area contributed by atoms with Crippen molar-refractivity contribution < 1.29 is 17.2 Å². The zero-order valence-electron chi connectivity index (χ0n) is 13.7. The van der Waals surface area contributed by atoms with Crippen LogP contribution in [0, 0.1) is 18.6 Å². The Morgan fingerprint density at radius 3 is 2.31 bits per heavy atom. The van der Waals surface area contributed by atoms with Crippen LogP contribution in [0.25, 0.3) is 11.1 Å². The molecule has 3 aromatic carbocycles. The Balaban J connectivity index is 1.99. The molecule has 0 aliphatic heterocycles. The first-order valence-corrected chi connectivity index (χ1v) is 9.58. The van der Waals surface area contributed by atoms with Gasteiger partial charge in [-0.15, -0.1) is 12.6 Å². The molecular formula is C19H15F2NO2S2. The number of thiol groups is 1. The molecule has 0 heterocycles. The minimum Gasteiger partial charge on any atom is -0.277 e. The van der Waals surface area contributed by atoms with Crippen LogP contribution in [-0.4, -0.2) is 8.42 Å². The van der Waals surface area contributed by atoms with E-state index in [9.17, 15) is 17.2 Å². The largest absolute Gasteiger partial charge is 0.277 e. The molecule has 0 aromatic heterocycles. The maximum absolute atomic E-state index is 14.7. The van der Waals surface area contributed by atoms with E-state index in [1.54, 1.807) is 37.3 Å². The molecule has 0 unspecified atom stereocenters. The van der Waals surface area contributed by atoms with E-state index >= 15 is 0 Å². The third-order valence-electron chi connectivity index (χ3n) is 3.88. The summed E-state index contributed by atoms with van der Waals surface area (Å²) in [7, 11) is -3.92. The SMILES string of the molecule is Cc1cc(-c2ccc(NS(=O)(=O)c3ccccc3)c(F)c2S)ccc1F. The molecule has 0 saturated carbocycles. The van der Waals surface area contributed by atoms with Crippen LogP contribution in [0.5, 0.6) is 0 Å². The molecule has 0 saturated heterocycles. The van der Waals surface area contributed by atoms with E-state index in [1.165, 1.54) is 30.3 Å². The number of nitrogens with one attached hydrogen (secondary N) is 1. The van der Waals surface area contributed by atoms with E-state index in [1.807, 2.05) is 0 Å². The molecule has 0 fully saturated rings. The van der Waals surface area contributed by atoms with Gasteiger partial charge in [0.05, 0.1) is 10.6 Å². The average Bonchev–Trinajstić information content (AvgIpc) is 2.62. The van der Waals surface area contributed by atoms with Crippen molar-refractivity contribution in [2.24, 2.45) is 0 Å². The van der Waals surface area contributed by atoms with Gasteiger partial charge in [0, 0.05) is 4.90 Å². The van der Waals surface area contributed by atoms with E-state index < -0.39 is 15.8 Å². The van der Waals surface area contributed by atoms with Gasteiger partial charge in [-0.05, 0) is 53.9 Å². The van der Waals surface area contributed by atoms with Gasteiger partial charge in [-0.1, -0.05) is 30.3 Å². The molecule has 0 aliphatic carbocycles. The van der Waals surface area contributed by atoms with Crippen LogP contribution in [0.15, 0.2) is 70.5 Å². The summed E-state index contributed by atoms with van der Waals surface area (Å²) in [4.78, 5) is 0.00243. The Hall–Kier alpha value is -2.38. The van der Waals surface area contributed by atoms with Crippen LogP contribution in [0.2, 0.25) is 0 Å². The fourth-order valence-electron chi connectivity index (χ4n) is 2.49. The molecule has 0 spiro atoms. The third kappa shape index (κ3) is 3.59. The van der Waals surface area contributed by atoms with E-state index in [2.05, 4.69) is 17.4 Å². The topological polar surface area (TPSA) is 46.2 Å². The quantitative estimate of drug-likeness (QED) is 0.613.